The van der Waals surface area contributed by atoms with Crippen LogP contribution in [-0.2, 0) is 32.1 Å². The summed E-state index contributed by atoms with van der Waals surface area (Å²) in [6, 6.07) is 13.6. The lowest BCUT2D eigenvalue weighted by Crippen LogP contribution is -2.70. The number of β-lactam (4-membered cyclic amide) rings is 1. The third-order valence-corrected chi connectivity index (χ3v) is 7.26. The summed E-state index contributed by atoms with van der Waals surface area (Å²) in [5.74, 6) is -1.16. The number of carbonyl (C=O) groups excluding carboxylic acids is 3. The number of non-ortho nitro benzene ring substituents is 1. The Morgan fingerprint density at radius 2 is 1.85 bits per heavy atom. The minimum Gasteiger partial charge on any atom is -0.459 e. The first kappa shape index (κ1) is 22.8. The van der Waals surface area contributed by atoms with Gasteiger partial charge in [-0.2, -0.15) is 0 Å². The SMILES string of the molecule is CC1(C)SC2C(NC(=O)Cc3ccccc3)C(=O)N2C1C(=O)OCc1cccc([N+](=O)[O-])c1. The first-order valence-corrected chi connectivity index (χ1v) is 11.3. The van der Waals surface area contributed by atoms with Crippen molar-refractivity contribution < 1.29 is 24.0 Å². The number of nitrogens with one attached hydrogen (secondary N) is 1. The van der Waals surface area contributed by atoms with Gasteiger partial charge in [0.1, 0.15) is 24.1 Å². The maximum absolute atomic E-state index is 12.9. The summed E-state index contributed by atoms with van der Waals surface area (Å²) in [6.07, 6.45) is 0.167. The van der Waals surface area contributed by atoms with Crippen LogP contribution in [0.3, 0.4) is 0 Å². The summed E-state index contributed by atoms with van der Waals surface area (Å²) >= 11 is 1.44. The molecule has 2 fully saturated rings. The summed E-state index contributed by atoms with van der Waals surface area (Å²) in [5.41, 5.74) is 1.24. The van der Waals surface area contributed by atoms with Crippen LogP contribution in [0.25, 0.3) is 0 Å². The fourth-order valence-electron chi connectivity index (χ4n) is 4.13. The number of carbonyl (C=O) groups is 3. The van der Waals surface area contributed by atoms with Gasteiger partial charge < -0.3 is 15.0 Å². The lowest BCUT2D eigenvalue weighted by Gasteiger charge is -2.44. The average Bonchev–Trinajstić information content (AvgIpc) is 3.04. The lowest BCUT2D eigenvalue weighted by atomic mass is 9.95. The van der Waals surface area contributed by atoms with E-state index in [-0.39, 0.29) is 35.9 Å². The molecule has 1 N–H and O–H groups in total. The number of esters is 1. The Hall–Kier alpha value is -3.40. The molecule has 33 heavy (non-hydrogen) atoms. The smallest absolute Gasteiger partial charge is 0.330 e. The van der Waals surface area contributed by atoms with Crippen molar-refractivity contribution in [2.45, 2.75) is 49.1 Å². The van der Waals surface area contributed by atoms with Gasteiger partial charge in [-0.15, -0.1) is 11.8 Å². The quantitative estimate of drug-likeness (QED) is 0.286. The van der Waals surface area contributed by atoms with Gasteiger partial charge in [-0.1, -0.05) is 42.5 Å². The van der Waals surface area contributed by atoms with Gasteiger partial charge in [0.25, 0.3) is 5.69 Å². The second-order valence-corrected chi connectivity index (χ2v) is 10.3. The molecule has 2 aromatic carbocycles. The normalized spacial score (nSPS) is 22.8. The topological polar surface area (TPSA) is 119 Å². The van der Waals surface area contributed by atoms with Crippen LogP contribution in [0.5, 0.6) is 0 Å². The Morgan fingerprint density at radius 3 is 2.55 bits per heavy atom. The van der Waals surface area contributed by atoms with Gasteiger partial charge in [0.2, 0.25) is 11.8 Å². The van der Waals surface area contributed by atoms with Crippen molar-refractivity contribution in [3.8, 4) is 0 Å². The molecule has 172 valence electrons. The maximum atomic E-state index is 12.9. The van der Waals surface area contributed by atoms with E-state index in [1.165, 1.54) is 34.9 Å². The number of hydrogen-bond donors (Lipinski definition) is 1. The zero-order valence-electron chi connectivity index (χ0n) is 18.1. The van der Waals surface area contributed by atoms with Gasteiger partial charge in [0.05, 0.1) is 11.3 Å². The molecule has 0 saturated carbocycles. The fourth-order valence-corrected chi connectivity index (χ4v) is 5.75. The van der Waals surface area contributed by atoms with Crippen molar-refractivity contribution in [3.05, 3.63) is 75.8 Å². The Labute approximate surface area is 194 Å². The Balaban J connectivity index is 1.39. The number of nitrogens with zero attached hydrogens (tertiary/aromatic N) is 2. The molecule has 2 aromatic rings. The summed E-state index contributed by atoms with van der Waals surface area (Å²) < 4.78 is 4.80. The van der Waals surface area contributed by atoms with E-state index in [0.717, 1.165) is 5.56 Å². The van der Waals surface area contributed by atoms with Crippen LogP contribution in [0.15, 0.2) is 54.6 Å². The molecule has 2 amide bonds. The number of ether oxygens (including phenoxy) is 1. The van der Waals surface area contributed by atoms with E-state index in [0.29, 0.717) is 5.56 Å². The molecule has 0 spiro atoms. The summed E-state index contributed by atoms with van der Waals surface area (Å²) in [4.78, 5) is 50.1. The number of nitro groups is 1. The molecule has 2 aliphatic rings. The van der Waals surface area contributed by atoms with Gasteiger partial charge in [-0.05, 0) is 25.0 Å². The molecule has 2 heterocycles. The summed E-state index contributed by atoms with van der Waals surface area (Å²) in [7, 11) is 0. The molecule has 0 bridgehead atoms. The number of fused-ring (bicyclic) bond motifs is 1. The van der Waals surface area contributed by atoms with Gasteiger partial charge in [-0.25, -0.2) is 4.79 Å². The highest BCUT2D eigenvalue weighted by Crippen LogP contribution is 2.51. The van der Waals surface area contributed by atoms with E-state index < -0.39 is 27.7 Å². The molecule has 2 saturated heterocycles. The van der Waals surface area contributed by atoms with Crippen LogP contribution in [-0.4, -0.2) is 49.8 Å². The Morgan fingerprint density at radius 1 is 1.15 bits per heavy atom. The van der Waals surface area contributed by atoms with Gasteiger partial charge in [-0.3, -0.25) is 19.7 Å². The number of hydrogen-bond acceptors (Lipinski definition) is 7. The fraction of sp³-hybridized carbons (Fsp3) is 0.348. The van der Waals surface area contributed by atoms with Crippen LogP contribution < -0.4 is 5.32 Å². The minimum atomic E-state index is -0.819. The highest BCUT2D eigenvalue weighted by molar-refractivity contribution is 8.01. The van der Waals surface area contributed by atoms with Crippen molar-refractivity contribution in [2.24, 2.45) is 0 Å². The van der Waals surface area contributed by atoms with Crippen molar-refractivity contribution in [1.82, 2.24) is 10.2 Å². The van der Waals surface area contributed by atoms with Crippen LogP contribution in [0.1, 0.15) is 25.0 Å². The minimum absolute atomic E-state index is 0.0904. The van der Waals surface area contributed by atoms with Crippen LogP contribution in [0.2, 0.25) is 0 Å². The first-order valence-electron chi connectivity index (χ1n) is 10.4. The third kappa shape index (κ3) is 4.56. The van der Waals surface area contributed by atoms with Crippen molar-refractivity contribution in [2.75, 3.05) is 0 Å². The third-order valence-electron chi connectivity index (χ3n) is 5.69. The molecule has 0 aromatic heterocycles. The molecular weight excluding hydrogens is 446 g/mol. The molecule has 0 aliphatic carbocycles. The lowest BCUT2D eigenvalue weighted by molar-refractivity contribution is -0.384. The maximum Gasteiger partial charge on any atom is 0.330 e. The van der Waals surface area contributed by atoms with Gasteiger partial charge in [0.15, 0.2) is 0 Å². The molecule has 3 unspecified atom stereocenters. The highest BCUT2D eigenvalue weighted by Gasteiger charge is 2.64. The van der Waals surface area contributed by atoms with E-state index in [9.17, 15) is 24.5 Å². The number of thioether (sulfide) groups is 1. The van der Waals surface area contributed by atoms with Crippen molar-refractivity contribution in [3.63, 3.8) is 0 Å². The zero-order valence-corrected chi connectivity index (χ0v) is 18.9. The van der Waals surface area contributed by atoms with Gasteiger partial charge >= 0.3 is 5.97 Å². The van der Waals surface area contributed by atoms with Crippen molar-refractivity contribution in [1.29, 1.82) is 0 Å². The second-order valence-electron chi connectivity index (χ2n) is 8.50. The number of amides is 2. The summed E-state index contributed by atoms with van der Waals surface area (Å²) in [5, 5.41) is 13.4. The first-order chi connectivity index (χ1) is 15.7. The zero-order chi connectivity index (χ0) is 23.8. The molecule has 2 aliphatic heterocycles. The highest BCUT2D eigenvalue weighted by atomic mass is 32.2. The predicted octanol–water partition coefficient (Wildman–Crippen LogP) is 2.43. The van der Waals surface area contributed by atoms with E-state index in [1.807, 2.05) is 44.2 Å². The summed E-state index contributed by atoms with van der Waals surface area (Å²) in [6.45, 7) is 3.57. The van der Waals surface area contributed by atoms with E-state index in [4.69, 9.17) is 4.74 Å². The van der Waals surface area contributed by atoms with E-state index >= 15 is 0 Å². The predicted molar refractivity (Wildman–Crippen MR) is 121 cm³/mol. The standard InChI is InChI=1S/C23H23N3O6S/c1-23(2)19(22(29)32-13-15-9-6-10-16(11-15)26(30)31)25-20(28)18(21(25)33-23)24-17(27)12-14-7-4-3-5-8-14/h3-11,18-19,21H,12-13H2,1-2H3,(H,24,27). The van der Waals surface area contributed by atoms with Gasteiger partial charge in [0, 0.05) is 16.9 Å². The number of rotatable bonds is 7. The van der Waals surface area contributed by atoms with Crippen LogP contribution in [0.4, 0.5) is 5.69 Å². The largest absolute Gasteiger partial charge is 0.459 e. The molecule has 9 nitrogen and oxygen atoms in total. The Kier molecular flexibility index (Phi) is 6.11. The average molecular weight is 470 g/mol. The van der Waals surface area contributed by atoms with Crippen molar-refractivity contribution >= 4 is 35.2 Å². The Bertz CT molecular complexity index is 1110. The van der Waals surface area contributed by atoms with Crippen LogP contribution in [0, 0.1) is 10.1 Å². The van der Waals surface area contributed by atoms with E-state index in [1.54, 1.807) is 6.07 Å². The molecular formula is C23H23N3O6S. The van der Waals surface area contributed by atoms with Crippen LogP contribution >= 0.6 is 11.8 Å². The monoisotopic (exact) mass is 469 g/mol. The number of benzene rings is 2. The van der Waals surface area contributed by atoms with E-state index in [2.05, 4.69) is 5.32 Å². The molecule has 3 atom stereocenters. The second kappa shape index (κ2) is 8.86. The molecule has 10 heteroatoms. The number of nitro benzene ring substituents is 1. The molecule has 0 radical (unpaired) electrons. The molecule has 4 rings (SSSR count).